The lowest BCUT2D eigenvalue weighted by atomic mass is 9.95. The molecule has 1 aliphatic rings. The second-order valence-electron chi connectivity index (χ2n) is 8.46. The largest absolute Gasteiger partial charge is 0.390 e. The monoisotopic (exact) mass is 398 g/mol. The van der Waals surface area contributed by atoms with Crippen molar-refractivity contribution in [3.8, 4) is 0 Å². The van der Waals surface area contributed by atoms with E-state index in [2.05, 4.69) is 24.3 Å². The Morgan fingerprint density at radius 1 is 0.724 bits per heavy atom. The zero-order valence-corrected chi connectivity index (χ0v) is 17.5. The van der Waals surface area contributed by atoms with Crippen LogP contribution < -0.4 is 0 Å². The third kappa shape index (κ3) is 6.65. The molecule has 0 bridgehead atoms. The van der Waals surface area contributed by atoms with Crippen molar-refractivity contribution < 1.29 is 19.7 Å². The van der Waals surface area contributed by atoms with E-state index >= 15 is 0 Å². The van der Waals surface area contributed by atoms with Gasteiger partial charge in [-0.15, -0.1) is 0 Å². The third-order valence-corrected chi connectivity index (χ3v) is 5.54. The lowest BCUT2D eigenvalue weighted by molar-refractivity contribution is -0.161. The molecule has 2 aromatic rings. The van der Waals surface area contributed by atoms with E-state index in [1.54, 1.807) is 0 Å². The van der Waals surface area contributed by atoms with Gasteiger partial charge in [0.1, 0.15) is 12.2 Å². The summed E-state index contributed by atoms with van der Waals surface area (Å²) < 4.78 is 12.0. The summed E-state index contributed by atoms with van der Waals surface area (Å²) in [7, 11) is 0. The van der Waals surface area contributed by atoms with Gasteiger partial charge in [-0.3, -0.25) is 0 Å². The van der Waals surface area contributed by atoms with Gasteiger partial charge >= 0.3 is 0 Å². The van der Waals surface area contributed by atoms with Gasteiger partial charge in [-0.1, -0.05) is 60.7 Å². The molecule has 4 nitrogen and oxygen atoms in total. The summed E-state index contributed by atoms with van der Waals surface area (Å²) in [5, 5.41) is 21.5. The first-order chi connectivity index (χ1) is 13.9. The molecule has 3 rings (SSSR count). The average molecular weight is 399 g/mol. The van der Waals surface area contributed by atoms with Crippen LogP contribution in [0, 0.1) is 0 Å². The molecule has 0 aliphatic carbocycles. The van der Waals surface area contributed by atoms with E-state index in [1.165, 1.54) is 11.1 Å². The lowest BCUT2D eigenvalue weighted by Gasteiger charge is -2.26. The number of rotatable bonds is 10. The van der Waals surface area contributed by atoms with Crippen LogP contribution >= 0.6 is 0 Å². The second-order valence-corrected chi connectivity index (χ2v) is 8.46. The van der Waals surface area contributed by atoms with E-state index in [0.717, 1.165) is 25.7 Å². The molecule has 0 saturated carbocycles. The Morgan fingerprint density at radius 3 is 1.48 bits per heavy atom. The maximum Gasteiger partial charge on any atom is 0.164 e. The van der Waals surface area contributed by atoms with Crippen molar-refractivity contribution in [2.45, 2.75) is 82.6 Å². The van der Waals surface area contributed by atoms with Crippen LogP contribution in [0.25, 0.3) is 0 Å². The van der Waals surface area contributed by atoms with Gasteiger partial charge in [0.25, 0.3) is 0 Å². The van der Waals surface area contributed by atoms with E-state index in [1.807, 2.05) is 50.2 Å². The fraction of sp³-hybridized carbons (Fsp3) is 0.520. The minimum absolute atomic E-state index is 0.507. The van der Waals surface area contributed by atoms with Gasteiger partial charge in [-0.2, -0.15) is 0 Å². The Bertz CT molecular complexity index is 655. The van der Waals surface area contributed by atoms with E-state index in [-0.39, 0.29) is 0 Å². The number of aliphatic hydroxyl groups is 2. The van der Waals surface area contributed by atoms with Crippen molar-refractivity contribution >= 4 is 0 Å². The van der Waals surface area contributed by atoms with Crippen molar-refractivity contribution in [2.75, 3.05) is 0 Å². The summed E-state index contributed by atoms with van der Waals surface area (Å²) in [4.78, 5) is 0. The van der Waals surface area contributed by atoms with Gasteiger partial charge in [-0.25, -0.2) is 0 Å². The molecule has 29 heavy (non-hydrogen) atoms. The van der Waals surface area contributed by atoms with Crippen LogP contribution in [-0.4, -0.2) is 40.4 Å². The first-order valence-electron chi connectivity index (χ1n) is 10.7. The molecule has 0 unspecified atom stereocenters. The van der Waals surface area contributed by atoms with E-state index in [9.17, 15) is 10.2 Å². The molecule has 1 heterocycles. The van der Waals surface area contributed by atoms with Crippen molar-refractivity contribution in [1.82, 2.24) is 0 Å². The summed E-state index contributed by atoms with van der Waals surface area (Å²) >= 11 is 0. The van der Waals surface area contributed by atoms with Crippen LogP contribution in [0.15, 0.2) is 60.7 Å². The summed E-state index contributed by atoms with van der Waals surface area (Å²) in [6.07, 6.45) is 2.46. The molecule has 158 valence electrons. The molecule has 4 atom stereocenters. The third-order valence-electron chi connectivity index (χ3n) is 5.54. The quantitative estimate of drug-likeness (QED) is 0.627. The van der Waals surface area contributed by atoms with Gasteiger partial charge in [0, 0.05) is 0 Å². The van der Waals surface area contributed by atoms with Crippen LogP contribution in [0.3, 0.4) is 0 Å². The lowest BCUT2D eigenvalue weighted by Crippen LogP contribution is -2.42. The first-order valence-corrected chi connectivity index (χ1v) is 10.7. The van der Waals surface area contributed by atoms with Crippen LogP contribution in [0.5, 0.6) is 0 Å². The van der Waals surface area contributed by atoms with Crippen molar-refractivity contribution in [1.29, 1.82) is 0 Å². The maximum absolute atomic E-state index is 10.8. The first kappa shape index (κ1) is 22.0. The predicted molar refractivity (Wildman–Crippen MR) is 115 cm³/mol. The van der Waals surface area contributed by atoms with Crippen LogP contribution in [0.2, 0.25) is 0 Å². The van der Waals surface area contributed by atoms with E-state index in [4.69, 9.17) is 9.47 Å². The molecule has 4 heteroatoms. The number of hydrogen-bond donors (Lipinski definition) is 2. The highest BCUT2D eigenvalue weighted by atomic mass is 16.8. The highest BCUT2D eigenvalue weighted by Gasteiger charge is 2.47. The average Bonchev–Trinajstić information content (AvgIpc) is 3.05. The van der Waals surface area contributed by atoms with Gasteiger partial charge in [0.2, 0.25) is 0 Å². The zero-order chi connectivity index (χ0) is 20.7. The van der Waals surface area contributed by atoms with Crippen LogP contribution in [0.1, 0.15) is 50.7 Å². The predicted octanol–water partition coefficient (Wildman–Crippen LogP) is 4.27. The Morgan fingerprint density at radius 2 is 1.10 bits per heavy atom. The standard InChI is InChI=1S/C25H34O4/c1-25(2)28-23(21(26)17-9-15-19-11-5-3-6-12-19)24(29-25)22(27)18-10-16-20-13-7-4-8-14-20/h3-8,11-14,21-24,26-27H,9-10,15-18H2,1-2H3/t21-,22-,23-,24-/m1/s1. The molecule has 0 aromatic heterocycles. The Labute approximate surface area is 174 Å². The number of benzene rings is 2. The molecule has 0 spiro atoms. The number of hydrogen-bond acceptors (Lipinski definition) is 4. The second kappa shape index (κ2) is 10.4. The normalized spacial score (nSPS) is 23.0. The number of aryl methyl sites for hydroxylation is 2. The zero-order valence-electron chi connectivity index (χ0n) is 17.5. The van der Waals surface area contributed by atoms with E-state index < -0.39 is 30.2 Å². The highest BCUT2D eigenvalue weighted by molar-refractivity contribution is 5.15. The molecule has 0 radical (unpaired) electrons. The Hall–Kier alpha value is -1.72. The molecule has 2 aromatic carbocycles. The minimum Gasteiger partial charge on any atom is -0.390 e. The van der Waals surface area contributed by atoms with Gasteiger partial charge < -0.3 is 19.7 Å². The van der Waals surface area contributed by atoms with E-state index in [0.29, 0.717) is 12.8 Å². The summed E-state index contributed by atoms with van der Waals surface area (Å²) in [6.45, 7) is 3.68. The molecule has 1 fully saturated rings. The minimum atomic E-state index is -0.795. The smallest absolute Gasteiger partial charge is 0.164 e. The highest BCUT2D eigenvalue weighted by Crippen LogP contribution is 2.34. The number of aliphatic hydroxyl groups excluding tert-OH is 2. The van der Waals surface area contributed by atoms with Crippen molar-refractivity contribution in [3.05, 3.63) is 71.8 Å². The van der Waals surface area contributed by atoms with Crippen molar-refractivity contribution in [3.63, 3.8) is 0 Å². The molecule has 1 aliphatic heterocycles. The molecular weight excluding hydrogens is 364 g/mol. The fourth-order valence-corrected chi connectivity index (χ4v) is 4.06. The molecule has 2 N–H and O–H groups in total. The van der Waals surface area contributed by atoms with Crippen LogP contribution in [0.4, 0.5) is 0 Å². The fourth-order valence-electron chi connectivity index (χ4n) is 4.06. The SMILES string of the molecule is CC1(C)O[C@H]([C@H](O)CCCc2ccccc2)[C@@H]([C@H](O)CCCc2ccccc2)O1. The Balaban J connectivity index is 1.50. The van der Waals surface area contributed by atoms with Crippen molar-refractivity contribution in [2.24, 2.45) is 0 Å². The maximum atomic E-state index is 10.8. The summed E-state index contributed by atoms with van der Waals surface area (Å²) in [5.41, 5.74) is 2.53. The summed E-state index contributed by atoms with van der Waals surface area (Å²) in [5.74, 6) is -0.795. The number of ether oxygens (including phenoxy) is 2. The van der Waals surface area contributed by atoms with Gasteiger partial charge in [0.15, 0.2) is 5.79 Å². The molecular formula is C25H34O4. The molecule has 0 amide bonds. The summed E-state index contributed by atoms with van der Waals surface area (Å²) in [6, 6.07) is 20.5. The van der Waals surface area contributed by atoms with Gasteiger partial charge in [-0.05, 0) is 63.5 Å². The molecule has 1 saturated heterocycles. The topological polar surface area (TPSA) is 58.9 Å². The van der Waals surface area contributed by atoms with Crippen LogP contribution in [-0.2, 0) is 22.3 Å². The van der Waals surface area contributed by atoms with Gasteiger partial charge in [0.05, 0.1) is 12.2 Å². The Kier molecular flexibility index (Phi) is 7.84.